The van der Waals surface area contributed by atoms with E-state index in [4.69, 9.17) is 4.74 Å². The van der Waals surface area contributed by atoms with Gasteiger partial charge in [-0.15, -0.1) is 0 Å². The Morgan fingerprint density at radius 3 is 2.23 bits per heavy atom. The molecule has 0 aromatic carbocycles. The Hall–Kier alpha value is -2.05. The van der Waals surface area contributed by atoms with Gasteiger partial charge in [0.2, 0.25) is 0 Å². The molecule has 7 heteroatoms. The van der Waals surface area contributed by atoms with Gasteiger partial charge in [-0.25, -0.2) is 4.79 Å². The lowest BCUT2D eigenvalue weighted by Gasteiger charge is -2.35. The number of anilines is 1. The number of hydrogen-bond donors (Lipinski definition) is 0. The number of ether oxygens (including phenoxy) is 1. The maximum atomic E-state index is 12.0. The van der Waals surface area contributed by atoms with Gasteiger partial charge in [-0.05, 0) is 20.8 Å². The summed E-state index contributed by atoms with van der Waals surface area (Å²) in [5.41, 5.74) is 0.107. The second kappa shape index (κ2) is 5.98. The van der Waals surface area contributed by atoms with Crippen LogP contribution in [-0.4, -0.2) is 58.3 Å². The molecule has 1 aromatic heterocycles. The summed E-state index contributed by atoms with van der Waals surface area (Å²) >= 11 is 0. The molecule has 2 heterocycles. The van der Waals surface area contributed by atoms with E-state index in [0.717, 1.165) is 5.82 Å². The van der Waals surface area contributed by atoms with Gasteiger partial charge in [-0.1, -0.05) is 0 Å². The number of amides is 1. The fourth-order valence-electron chi connectivity index (χ4n) is 2.38. The number of carbonyl (C=O) groups excluding carboxylic acids is 2. The summed E-state index contributed by atoms with van der Waals surface area (Å²) in [6.07, 6.45) is -0.280. The Morgan fingerprint density at radius 1 is 1.18 bits per heavy atom. The molecule has 0 radical (unpaired) electrons. The summed E-state index contributed by atoms with van der Waals surface area (Å²) in [6, 6.07) is 1.80. The average molecular weight is 308 g/mol. The summed E-state index contributed by atoms with van der Waals surface area (Å²) in [7, 11) is 1.76. The molecule has 0 saturated carbocycles. The van der Waals surface area contributed by atoms with E-state index in [2.05, 4.69) is 10.00 Å². The molecule has 0 aliphatic carbocycles. The molecule has 1 aliphatic rings. The Balaban J connectivity index is 1.96. The number of piperazine rings is 1. The minimum Gasteiger partial charge on any atom is -0.444 e. The Labute approximate surface area is 130 Å². The van der Waals surface area contributed by atoms with E-state index in [-0.39, 0.29) is 11.9 Å². The molecule has 1 aromatic rings. The van der Waals surface area contributed by atoms with Gasteiger partial charge < -0.3 is 14.5 Å². The summed E-state index contributed by atoms with van der Waals surface area (Å²) < 4.78 is 6.97. The highest BCUT2D eigenvalue weighted by Gasteiger charge is 2.27. The normalized spacial score (nSPS) is 15.9. The fraction of sp³-hybridized carbons (Fsp3) is 0.667. The van der Waals surface area contributed by atoms with Crippen LogP contribution in [0, 0.1) is 0 Å². The number of carbonyl (C=O) groups is 2. The number of nitrogens with zero attached hydrogens (tertiary/aromatic N) is 4. The molecule has 1 saturated heterocycles. The Kier molecular flexibility index (Phi) is 4.44. The van der Waals surface area contributed by atoms with E-state index in [0.29, 0.717) is 31.9 Å². The molecular weight excluding hydrogens is 284 g/mol. The first-order valence-electron chi connectivity index (χ1n) is 7.45. The Morgan fingerprint density at radius 2 is 1.77 bits per heavy atom. The van der Waals surface area contributed by atoms with Gasteiger partial charge in [-0.3, -0.25) is 9.48 Å². The smallest absolute Gasteiger partial charge is 0.410 e. The van der Waals surface area contributed by atoms with Crippen molar-refractivity contribution in [3.63, 3.8) is 0 Å². The van der Waals surface area contributed by atoms with Gasteiger partial charge in [0.25, 0.3) is 0 Å². The van der Waals surface area contributed by atoms with Crippen molar-refractivity contribution in [3.8, 4) is 0 Å². The highest BCUT2D eigenvalue weighted by atomic mass is 16.6. The van der Waals surface area contributed by atoms with Crippen molar-refractivity contribution in [1.82, 2.24) is 14.7 Å². The van der Waals surface area contributed by atoms with Crippen LogP contribution in [0.2, 0.25) is 0 Å². The van der Waals surface area contributed by atoms with Crippen LogP contribution in [0.3, 0.4) is 0 Å². The number of aryl methyl sites for hydroxylation is 1. The van der Waals surface area contributed by atoms with E-state index < -0.39 is 5.60 Å². The molecule has 122 valence electrons. The highest BCUT2D eigenvalue weighted by Crippen LogP contribution is 2.18. The van der Waals surface area contributed by atoms with Crippen LogP contribution in [-0.2, 0) is 11.8 Å². The summed E-state index contributed by atoms with van der Waals surface area (Å²) in [5.74, 6) is 0.769. The van der Waals surface area contributed by atoms with Gasteiger partial charge >= 0.3 is 6.09 Å². The predicted molar refractivity (Wildman–Crippen MR) is 83.2 cm³/mol. The van der Waals surface area contributed by atoms with E-state index >= 15 is 0 Å². The largest absolute Gasteiger partial charge is 0.444 e. The van der Waals surface area contributed by atoms with Crippen LogP contribution < -0.4 is 4.90 Å². The molecule has 22 heavy (non-hydrogen) atoms. The zero-order valence-corrected chi connectivity index (χ0v) is 13.9. The molecule has 2 rings (SSSR count). The van der Waals surface area contributed by atoms with E-state index in [9.17, 15) is 9.59 Å². The highest BCUT2D eigenvalue weighted by molar-refractivity contribution is 5.93. The van der Waals surface area contributed by atoms with Gasteiger partial charge in [0.05, 0.1) is 0 Å². The number of aromatic nitrogens is 2. The summed E-state index contributed by atoms with van der Waals surface area (Å²) in [6.45, 7) is 9.62. The molecule has 0 atom stereocenters. The van der Waals surface area contributed by atoms with Crippen LogP contribution in [0.5, 0.6) is 0 Å². The minimum atomic E-state index is -0.481. The Bertz CT molecular complexity index is 566. The second-order valence-electron chi connectivity index (χ2n) is 6.52. The third-order valence-corrected chi connectivity index (χ3v) is 3.48. The molecule has 1 fully saturated rings. The van der Waals surface area contributed by atoms with Crippen LogP contribution in [0.4, 0.5) is 10.6 Å². The fourth-order valence-corrected chi connectivity index (χ4v) is 2.38. The first-order chi connectivity index (χ1) is 10.2. The van der Waals surface area contributed by atoms with Gasteiger partial charge in [0.1, 0.15) is 11.3 Å². The van der Waals surface area contributed by atoms with E-state index in [1.807, 2.05) is 20.8 Å². The lowest BCUT2D eigenvalue weighted by atomic mass is 10.2. The van der Waals surface area contributed by atoms with Crippen LogP contribution >= 0.6 is 0 Å². The standard InChI is InChI=1S/C15H24N4O3/c1-11(20)12-10-13(16-17(12)5)18-6-8-19(9-7-18)14(21)22-15(2,3)4/h10H,6-9H2,1-5H3. The second-order valence-corrected chi connectivity index (χ2v) is 6.52. The molecule has 0 bridgehead atoms. The topological polar surface area (TPSA) is 67.7 Å². The van der Waals surface area contributed by atoms with Gasteiger partial charge in [0, 0.05) is 46.2 Å². The molecule has 0 unspecified atom stereocenters. The number of hydrogen-bond acceptors (Lipinski definition) is 5. The molecule has 7 nitrogen and oxygen atoms in total. The van der Waals surface area contributed by atoms with Gasteiger partial charge in [-0.2, -0.15) is 5.10 Å². The number of Topliss-reactive ketones (excluding diaryl/α,β-unsaturated/α-hetero) is 1. The molecule has 0 N–H and O–H groups in total. The quantitative estimate of drug-likeness (QED) is 0.778. The zero-order valence-electron chi connectivity index (χ0n) is 13.9. The third kappa shape index (κ3) is 3.78. The maximum absolute atomic E-state index is 12.0. The van der Waals surface area contributed by atoms with Crippen molar-refractivity contribution < 1.29 is 14.3 Å². The van der Waals surface area contributed by atoms with Crippen molar-refractivity contribution in [2.75, 3.05) is 31.1 Å². The number of ketones is 1. The lowest BCUT2D eigenvalue weighted by Crippen LogP contribution is -2.50. The van der Waals surface area contributed by atoms with Crippen molar-refractivity contribution in [1.29, 1.82) is 0 Å². The van der Waals surface area contributed by atoms with Crippen molar-refractivity contribution in [3.05, 3.63) is 11.8 Å². The zero-order chi connectivity index (χ0) is 16.5. The molecule has 1 aliphatic heterocycles. The van der Waals surface area contributed by atoms with Gasteiger partial charge in [0.15, 0.2) is 11.6 Å². The van der Waals surface area contributed by atoms with Crippen molar-refractivity contribution in [2.24, 2.45) is 7.05 Å². The van der Waals surface area contributed by atoms with Crippen molar-refractivity contribution >= 4 is 17.7 Å². The summed E-state index contributed by atoms with van der Waals surface area (Å²) in [5, 5.41) is 4.37. The average Bonchev–Trinajstić information content (AvgIpc) is 2.79. The van der Waals surface area contributed by atoms with Crippen LogP contribution in [0.1, 0.15) is 38.2 Å². The van der Waals surface area contributed by atoms with Crippen molar-refractivity contribution in [2.45, 2.75) is 33.3 Å². The summed E-state index contributed by atoms with van der Waals surface area (Å²) in [4.78, 5) is 27.3. The molecule has 0 spiro atoms. The molecular formula is C15H24N4O3. The van der Waals surface area contributed by atoms with E-state index in [1.54, 1.807) is 22.7 Å². The van der Waals surface area contributed by atoms with Crippen LogP contribution in [0.15, 0.2) is 6.07 Å². The predicted octanol–water partition coefficient (Wildman–Crippen LogP) is 1.68. The minimum absolute atomic E-state index is 0.00589. The third-order valence-electron chi connectivity index (χ3n) is 3.48. The van der Waals surface area contributed by atoms with E-state index in [1.165, 1.54) is 6.92 Å². The first kappa shape index (κ1) is 16.3. The molecule has 1 amide bonds. The monoisotopic (exact) mass is 308 g/mol. The SMILES string of the molecule is CC(=O)c1cc(N2CCN(C(=O)OC(C)(C)C)CC2)nn1C. The maximum Gasteiger partial charge on any atom is 0.410 e. The number of rotatable bonds is 2. The van der Waals surface area contributed by atoms with Crippen LogP contribution in [0.25, 0.3) is 0 Å². The lowest BCUT2D eigenvalue weighted by molar-refractivity contribution is 0.0240. The first-order valence-corrected chi connectivity index (χ1v) is 7.45.